The maximum atomic E-state index is 4.41. The van der Waals surface area contributed by atoms with Gasteiger partial charge in [0.05, 0.1) is 3.57 Å². The quantitative estimate of drug-likeness (QED) is 0.864. The van der Waals surface area contributed by atoms with Gasteiger partial charge >= 0.3 is 0 Å². The van der Waals surface area contributed by atoms with Crippen molar-refractivity contribution in [3.05, 3.63) is 9.77 Å². The van der Waals surface area contributed by atoms with E-state index in [1.54, 1.807) is 0 Å². The molecule has 1 rings (SSSR count). The first-order chi connectivity index (χ1) is 6.65. The highest BCUT2D eigenvalue weighted by atomic mass is 127. The normalized spacial score (nSPS) is 10.0. The molecule has 14 heavy (non-hydrogen) atoms. The summed E-state index contributed by atoms with van der Waals surface area (Å²) in [6, 6.07) is 0. The number of rotatable bonds is 4. The molecule has 0 radical (unpaired) electrons. The SMILES string of the molecule is CCCNc1nc(N(C)C)ncc1I. The van der Waals surface area contributed by atoms with Gasteiger partial charge in [0, 0.05) is 26.8 Å². The largest absolute Gasteiger partial charge is 0.369 e. The van der Waals surface area contributed by atoms with Crippen LogP contribution in [0.3, 0.4) is 0 Å². The van der Waals surface area contributed by atoms with E-state index in [4.69, 9.17) is 0 Å². The molecule has 5 heteroatoms. The van der Waals surface area contributed by atoms with E-state index < -0.39 is 0 Å². The van der Waals surface area contributed by atoms with Crippen LogP contribution in [0.25, 0.3) is 0 Å². The molecule has 0 fully saturated rings. The summed E-state index contributed by atoms with van der Waals surface area (Å²) in [7, 11) is 3.87. The second-order valence-electron chi connectivity index (χ2n) is 3.19. The minimum atomic E-state index is 0.740. The van der Waals surface area contributed by atoms with Gasteiger partial charge in [0.1, 0.15) is 5.82 Å². The second-order valence-corrected chi connectivity index (χ2v) is 4.35. The molecule has 4 nitrogen and oxygen atoms in total. The maximum Gasteiger partial charge on any atom is 0.226 e. The molecule has 0 unspecified atom stereocenters. The molecular weight excluding hydrogens is 291 g/mol. The zero-order valence-electron chi connectivity index (χ0n) is 8.71. The lowest BCUT2D eigenvalue weighted by molar-refractivity contribution is 0.945. The van der Waals surface area contributed by atoms with Gasteiger partial charge in [-0.2, -0.15) is 4.98 Å². The van der Waals surface area contributed by atoms with Crippen molar-refractivity contribution in [1.82, 2.24) is 9.97 Å². The Morgan fingerprint density at radius 2 is 2.21 bits per heavy atom. The minimum Gasteiger partial charge on any atom is -0.369 e. The van der Waals surface area contributed by atoms with Crippen LogP contribution in [0.2, 0.25) is 0 Å². The summed E-state index contributed by atoms with van der Waals surface area (Å²) in [5, 5.41) is 3.27. The van der Waals surface area contributed by atoms with Gasteiger partial charge in [-0.15, -0.1) is 0 Å². The van der Waals surface area contributed by atoms with Gasteiger partial charge in [-0.1, -0.05) is 6.92 Å². The first-order valence-electron chi connectivity index (χ1n) is 4.59. The molecular formula is C9H15IN4. The maximum absolute atomic E-state index is 4.41. The summed E-state index contributed by atoms with van der Waals surface area (Å²) in [5.41, 5.74) is 0. The van der Waals surface area contributed by atoms with Crippen molar-refractivity contribution in [3.63, 3.8) is 0 Å². The lowest BCUT2D eigenvalue weighted by atomic mass is 10.4. The standard InChI is InChI=1S/C9H15IN4/c1-4-5-11-8-7(10)6-12-9(13-8)14(2)3/h6H,4-5H2,1-3H3,(H,11,12,13). The van der Waals surface area contributed by atoms with Crippen molar-refractivity contribution in [1.29, 1.82) is 0 Å². The molecule has 0 spiro atoms. The topological polar surface area (TPSA) is 41.1 Å². The molecule has 1 N–H and O–H groups in total. The van der Waals surface area contributed by atoms with Crippen LogP contribution >= 0.6 is 22.6 Å². The fourth-order valence-electron chi connectivity index (χ4n) is 0.941. The van der Waals surface area contributed by atoms with E-state index >= 15 is 0 Å². The number of anilines is 2. The van der Waals surface area contributed by atoms with Crippen LogP contribution in [0.15, 0.2) is 6.20 Å². The third-order valence-electron chi connectivity index (χ3n) is 1.67. The molecule has 1 aromatic heterocycles. The van der Waals surface area contributed by atoms with E-state index in [1.807, 2.05) is 25.2 Å². The zero-order chi connectivity index (χ0) is 10.6. The third kappa shape index (κ3) is 2.97. The third-order valence-corrected chi connectivity index (χ3v) is 2.46. The van der Waals surface area contributed by atoms with Gasteiger partial charge in [-0.25, -0.2) is 4.98 Å². The minimum absolute atomic E-state index is 0.740. The Labute approximate surface area is 98.3 Å². The van der Waals surface area contributed by atoms with Gasteiger partial charge in [0.25, 0.3) is 0 Å². The van der Waals surface area contributed by atoms with E-state index in [0.717, 1.165) is 28.3 Å². The van der Waals surface area contributed by atoms with E-state index in [-0.39, 0.29) is 0 Å². The van der Waals surface area contributed by atoms with Gasteiger partial charge in [0.2, 0.25) is 5.95 Å². The highest BCUT2D eigenvalue weighted by molar-refractivity contribution is 14.1. The smallest absolute Gasteiger partial charge is 0.226 e. The molecule has 0 saturated heterocycles. The molecule has 0 aromatic carbocycles. The Hall–Kier alpha value is -0.590. The Kier molecular flexibility index (Phi) is 4.37. The molecule has 0 amide bonds. The summed E-state index contributed by atoms with van der Waals surface area (Å²) in [6.45, 7) is 3.08. The summed E-state index contributed by atoms with van der Waals surface area (Å²) >= 11 is 2.23. The number of nitrogens with zero attached hydrogens (tertiary/aromatic N) is 3. The highest BCUT2D eigenvalue weighted by Gasteiger charge is 2.04. The van der Waals surface area contributed by atoms with Crippen LogP contribution in [-0.4, -0.2) is 30.6 Å². The van der Waals surface area contributed by atoms with Crippen LogP contribution in [0.4, 0.5) is 11.8 Å². The Balaban J connectivity index is 2.85. The molecule has 0 atom stereocenters. The zero-order valence-corrected chi connectivity index (χ0v) is 10.9. The Bertz CT molecular complexity index is 301. The average Bonchev–Trinajstić information content (AvgIpc) is 2.16. The number of halogens is 1. The van der Waals surface area contributed by atoms with Crippen LogP contribution in [-0.2, 0) is 0 Å². The Morgan fingerprint density at radius 1 is 1.50 bits per heavy atom. The second kappa shape index (κ2) is 5.33. The summed E-state index contributed by atoms with van der Waals surface area (Å²) < 4.78 is 1.06. The van der Waals surface area contributed by atoms with Crippen LogP contribution < -0.4 is 10.2 Å². The van der Waals surface area contributed by atoms with E-state index in [9.17, 15) is 0 Å². The van der Waals surface area contributed by atoms with E-state index in [0.29, 0.717) is 0 Å². The number of hydrogen-bond donors (Lipinski definition) is 1. The number of hydrogen-bond acceptors (Lipinski definition) is 4. The van der Waals surface area contributed by atoms with E-state index in [2.05, 4.69) is 44.8 Å². The van der Waals surface area contributed by atoms with Crippen molar-refractivity contribution in [3.8, 4) is 0 Å². The fraction of sp³-hybridized carbons (Fsp3) is 0.556. The molecule has 0 aliphatic rings. The predicted molar refractivity (Wildman–Crippen MR) is 67.9 cm³/mol. The molecule has 0 aliphatic carbocycles. The fourth-order valence-corrected chi connectivity index (χ4v) is 1.39. The molecule has 0 aliphatic heterocycles. The van der Waals surface area contributed by atoms with Gasteiger partial charge < -0.3 is 10.2 Å². The van der Waals surface area contributed by atoms with Crippen LogP contribution in [0.1, 0.15) is 13.3 Å². The summed E-state index contributed by atoms with van der Waals surface area (Å²) in [6.07, 6.45) is 2.93. The van der Waals surface area contributed by atoms with Gasteiger partial charge in [0.15, 0.2) is 0 Å². The monoisotopic (exact) mass is 306 g/mol. The number of nitrogens with one attached hydrogen (secondary N) is 1. The van der Waals surface area contributed by atoms with Crippen molar-refractivity contribution in [2.24, 2.45) is 0 Å². The van der Waals surface area contributed by atoms with Crippen molar-refractivity contribution in [2.45, 2.75) is 13.3 Å². The van der Waals surface area contributed by atoms with Crippen molar-refractivity contribution < 1.29 is 0 Å². The van der Waals surface area contributed by atoms with Gasteiger partial charge in [-0.3, -0.25) is 0 Å². The molecule has 1 aromatic rings. The Morgan fingerprint density at radius 3 is 2.79 bits per heavy atom. The van der Waals surface area contributed by atoms with Crippen LogP contribution in [0.5, 0.6) is 0 Å². The first-order valence-corrected chi connectivity index (χ1v) is 5.66. The van der Waals surface area contributed by atoms with Gasteiger partial charge in [-0.05, 0) is 29.0 Å². The van der Waals surface area contributed by atoms with Crippen molar-refractivity contribution in [2.75, 3.05) is 30.9 Å². The molecule has 1 heterocycles. The lowest BCUT2D eigenvalue weighted by Gasteiger charge is -2.12. The van der Waals surface area contributed by atoms with E-state index in [1.165, 1.54) is 0 Å². The van der Waals surface area contributed by atoms with Crippen LogP contribution in [0, 0.1) is 3.57 Å². The lowest BCUT2D eigenvalue weighted by Crippen LogP contribution is -2.14. The number of aromatic nitrogens is 2. The summed E-state index contributed by atoms with van der Waals surface area (Å²) in [5.74, 6) is 1.66. The molecule has 78 valence electrons. The average molecular weight is 306 g/mol. The first kappa shape index (κ1) is 11.5. The highest BCUT2D eigenvalue weighted by Crippen LogP contribution is 2.16. The summed E-state index contributed by atoms with van der Waals surface area (Å²) in [4.78, 5) is 10.5. The molecule has 0 saturated carbocycles. The molecule has 0 bridgehead atoms. The van der Waals surface area contributed by atoms with Crippen molar-refractivity contribution >= 4 is 34.4 Å². The predicted octanol–water partition coefficient (Wildman–Crippen LogP) is 1.97.